The Kier molecular flexibility index (Phi) is 3.17. The van der Waals surface area contributed by atoms with Crippen molar-refractivity contribution >= 4 is 23.1 Å². The van der Waals surface area contributed by atoms with Crippen LogP contribution in [-0.4, -0.2) is 15.7 Å². The van der Waals surface area contributed by atoms with Crippen LogP contribution in [0, 0.1) is 5.41 Å². The fourth-order valence-corrected chi connectivity index (χ4v) is 3.40. The van der Waals surface area contributed by atoms with Crippen molar-refractivity contribution in [3.8, 4) is 0 Å². The number of thiophene rings is 1. The average molecular weight is 289 g/mol. The number of carbonyl (C=O) groups is 1. The summed E-state index contributed by atoms with van der Waals surface area (Å²) in [6.45, 7) is 7.24. The Labute approximate surface area is 122 Å². The monoisotopic (exact) mass is 289 g/mol. The maximum Gasteiger partial charge on any atom is 0.226 e. The van der Waals surface area contributed by atoms with E-state index in [-0.39, 0.29) is 17.2 Å². The summed E-state index contributed by atoms with van der Waals surface area (Å²) in [4.78, 5) is 13.2. The van der Waals surface area contributed by atoms with Crippen molar-refractivity contribution in [1.29, 1.82) is 0 Å². The van der Waals surface area contributed by atoms with Gasteiger partial charge in [-0.1, -0.05) is 26.8 Å². The van der Waals surface area contributed by atoms with Gasteiger partial charge in [-0.05, 0) is 16.9 Å². The number of hydrogen-bond donors (Lipinski definition) is 1. The van der Waals surface area contributed by atoms with E-state index in [1.54, 1.807) is 11.3 Å². The lowest BCUT2D eigenvalue weighted by Gasteiger charge is -2.33. The van der Waals surface area contributed by atoms with E-state index in [2.05, 4.69) is 42.6 Å². The van der Waals surface area contributed by atoms with Crippen molar-refractivity contribution in [2.24, 2.45) is 5.41 Å². The summed E-state index contributed by atoms with van der Waals surface area (Å²) in [5.74, 6) is 1.18. The smallest absolute Gasteiger partial charge is 0.226 e. The van der Waals surface area contributed by atoms with Crippen LogP contribution in [0.25, 0.3) is 0 Å². The average Bonchev–Trinajstić information content (AvgIpc) is 2.98. The first-order chi connectivity index (χ1) is 9.45. The first-order valence-electron chi connectivity index (χ1n) is 6.83. The van der Waals surface area contributed by atoms with Crippen molar-refractivity contribution < 1.29 is 4.79 Å². The van der Waals surface area contributed by atoms with Gasteiger partial charge in [-0.3, -0.25) is 4.79 Å². The van der Waals surface area contributed by atoms with Crippen LogP contribution >= 0.6 is 11.3 Å². The molecule has 4 nitrogen and oxygen atoms in total. The van der Waals surface area contributed by atoms with Crippen LogP contribution in [0.15, 0.2) is 23.7 Å². The van der Waals surface area contributed by atoms with Gasteiger partial charge >= 0.3 is 0 Å². The van der Waals surface area contributed by atoms with Gasteiger partial charge in [0.2, 0.25) is 5.91 Å². The quantitative estimate of drug-likeness (QED) is 0.920. The SMILES string of the molecule is CC(C)(C)C1CC(=O)Nc2c1cnn2Cc1cccs1. The van der Waals surface area contributed by atoms with Gasteiger partial charge in [0, 0.05) is 22.8 Å². The van der Waals surface area contributed by atoms with Crippen molar-refractivity contribution in [3.63, 3.8) is 0 Å². The van der Waals surface area contributed by atoms with Crippen LogP contribution in [0.4, 0.5) is 5.82 Å². The van der Waals surface area contributed by atoms with Gasteiger partial charge in [-0.15, -0.1) is 11.3 Å². The maximum atomic E-state index is 12.0. The number of nitrogens with zero attached hydrogens (tertiary/aromatic N) is 2. The van der Waals surface area contributed by atoms with Crippen molar-refractivity contribution in [2.45, 2.75) is 39.7 Å². The molecule has 5 heteroatoms. The Morgan fingerprint density at radius 3 is 2.95 bits per heavy atom. The minimum Gasteiger partial charge on any atom is -0.311 e. The van der Waals surface area contributed by atoms with Crippen LogP contribution in [0.2, 0.25) is 0 Å². The molecule has 0 spiro atoms. The zero-order chi connectivity index (χ0) is 14.3. The van der Waals surface area contributed by atoms with E-state index in [0.29, 0.717) is 13.0 Å². The standard InChI is InChI=1S/C15H19N3OS/c1-15(2,3)12-7-13(19)17-14-11(12)8-16-18(14)9-10-5-4-6-20-10/h4-6,8,12H,7,9H2,1-3H3,(H,17,19). The molecule has 20 heavy (non-hydrogen) atoms. The highest BCUT2D eigenvalue weighted by molar-refractivity contribution is 7.09. The minimum absolute atomic E-state index is 0.0588. The third-order valence-corrected chi connectivity index (χ3v) is 4.68. The maximum absolute atomic E-state index is 12.0. The lowest BCUT2D eigenvalue weighted by molar-refractivity contribution is -0.117. The second-order valence-electron chi connectivity index (χ2n) is 6.36. The van der Waals surface area contributed by atoms with Crippen LogP contribution in [0.1, 0.15) is 43.6 Å². The molecule has 0 saturated heterocycles. The second-order valence-corrected chi connectivity index (χ2v) is 7.39. The number of carbonyl (C=O) groups excluding carboxylic acids is 1. The molecule has 0 radical (unpaired) electrons. The van der Waals surface area contributed by atoms with E-state index < -0.39 is 0 Å². The molecule has 2 aromatic rings. The molecule has 0 saturated carbocycles. The molecule has 3 heterocycles. The van der Waals surface area contributed by atoms with E-state index in [0.717, 1.165) is 11.4 Å². The highest BCUT2D eigenvalue weighted by Crippen LogP contribution is 2.43. The van der Waals surface area contributed by atoms with Gasteiger partial charge in [0.1, 0.15) is 5.82 Å². The van der Waals surface area contributed by atoms with Gasteiger partial charge < -0.3 is 5.32 Å². The van der Waals surface area contributed by atoms with Gasteiger partial charge in [0.25, 0.3) is 0 Å². The van der Waals surface area contributed by atoms with Gasteiger partial charge in [0.05, 0.1) is 12.7 Å². The first kappa shape index (κ1) is 13.4. The number of anilines is 1. The molecule has 0 aliphatic carbocycles. The number of nitrogens with one attached hydrogen (secondary N) is 1. The molecule has 1 aliphatic rings. The predicted octanol–water partition coefficient (Wildman–Crippen LogP) is 3.46. The first-order valence-corrected chi connectivity index (χ1v) is 7.71. The number of amides is 1. The summed E-state index contributed by atoms with van der Waals surface area (Å²) < 4.78 is 1.90. The molecule has 3 rings (SSSR count). The Morgan fingerprint density at radius 1 is 1.50 bits per heavy atom. The molecule has 2 aromatic heterocycles. The summed E-state index contributed by atoms with van der Waals surface area (Å²) >= 11 is 1.71. The van der Waals surface area contributed by atoms with E-state index in [1.807, 2.05) is 16.9 Å². The van der Waals surface area contributed by atoms with E-state index in [9.17, 15) is 4.79 Å². The van der Waals surface area contributed by atoms with Crippen LogP contribution < -0.4 is 5.32 Å². The van der Waals surface area contributed by atoms with Gasteiger partial charge in [0.15, 0.2) is 0 Å². The number of rotatable bonds is 2. The Balaban J connectivity index is 1.97. The molecule has 0 aromatic carbocycles. The second kappa shape index (κ2) is 4.74. The number of aromatic nitrogens is 2. The highest BCUT2D eigenvalue weighted by Gasteiger charge is 2.36. The van der Waals surface area contributed by atoms with E-state index >= 15 is 0 Å². The fourth-order valence-electron chi connectivity index (χ4n) is 2.71. The summed E-state index contributed by atoms with van der Waals surface area (Å²) in [6.07, 6.45) is 2.46. The molecule has 1 atom stereocenters. The summed E-state index contributed by atoms with van der Waals surface area (Å²) in [7, 11) is 0. The van der Waals surface area contributed by atoms with Crippen LogP contribution in [0.3, 0.4) is 0 Å². The Bertz CT molecular complexity index is 622. The number of hydrogen-bond acceptors (Lipinski definition) is 3. The molecular weight excluding hydrogens is 270 g/mol. The van der Waals surface area contributed by atoms with Crippen LogP contribution in [0.5, 0.6) is 0 Å². The molecule has 1 amide bonds. The number of fused-ring (bicyclic) bond motifs is 1. The largest absolute Gasteiger partial charge is 0.311 e. The van der Waals surface area contributed by atoms with E-state index in [4.69, 9.17) is 0 Å². The third kappa shape index (κ3) is 2.38. The Hall–Kier alpha value is -1.62. The molecule has 1 unspecified atom stereocenters. The predicted molar refractivity (Wildman–Crippen MR) is 81.1 cm³/mol. The minimum atomic E-state index is 0.0588. The van der Waals surface area contributed by atoms with Gasteiger partial charge in [-0.2, -0.15) is 5.10 Å². The van der Waals surface area contributed by atoms with Gasteiger partial charge in [-0.25, -0.2) is 4.68 Å². The molecule has 0 fully saturated rings. The molecular formula is C15H19N3OS. The van der Waals surface area contributed by atoms with Crippen molar-refractivity contribution in [1.82, 2.24) is 9.78 Å². The zero-order valence-corrected chi connectivity index (χ0v) is 12.8. The Morgan fingerprint density at radius 2 is 2.30 bits per heavy atom. The lowest BCUT2D eigenvalue weighted by Crippen LogP contribution is -2.30. The normalized spacial score (nSPS) is 18.8. The van der Waals surface area contributed by atoms with E-state index in [1.165, 1.54) is 4.88 Å². The summed E-state index contributed by atoms with van der Waals surface area (Å²) in [5.41, 5.74) is 1.22. The zero-order valence-electron chi connectivity index (χ0n) is 12.0. The van der Waals surface area contributed by atoms with Crippen molar-refractivity contribution in [3.05, 3.63) is 34.2 Å². The topological polar surface area (TPSA) is 46.9 Å². The van der Waals surface area contributed by atoms with Crippen LogP contribution in [-0.2, 0) is 11.3 Å². The lowest BCUT2D eigenvalue weighted by atomic mass is 9.74. The molecule has 1 aliphatic heterocycles. The third-order valence-electron chi connectivity index (χ3n) is 3.82. The summed E-state index contributed by atoms with van der Waals surface area (Å²) in [5, 5.41) is 9.53. The molecule has 106 valence electrons. The molecule has 0 bridgehead atoms. The highest BCUT2D eigenvalue weighted by atomic mass is 32.1. The fraction of sp³-hybridized carbons (Fsp3) is 0.467. The van der Waals surface area contributed by atoms with Crippen molar-refractivity contribution in [2.75, 3.05) is 5.32 Å². The summed E-state index contributed by atoms with van der Waals surface area (Å²) in [6, 6.07) is 4.12. The molecule has 1 N–H and O–H groups in total.